The highest BCUT2D eigenvalue weighted by molar-refractivity contribution is 7.99. The predicted molar refractivity (Wildman–Crippen MR) is 114 cm³/mol. The van der Waals surface area contributed by atoms with Crippen LogP contribution < -0.4 is 9.62 Å². The van der Waals surface area contributed by atoms with E-state index < -0.39 is 34.1 Å². The molecule has 0 aliphatic carbocycles. The fourth-order valence-corrected chi connectivity index (χ4v) is 4.41. The summed E-state index contributed by atoms with van der Waals surface area (Å²) in [7, 11) is -3.92. The first-order chi connectivity index (χ1) is 14.2. The van der Waals surface area contributed by atoms with Crippen LogP contribution in [0.4, 0.5) is 20.2 Å². The summed E-state index contributed by atoms with van der Waals surface area (Å²) < 4.78 is 51.8. The molecular weight excluding hydrogens is 430 g/mol. The maximum atomic E-state index is 13.6. The van der Waals surface area contributed by atoms with E-state index in [2.05, 4.69) is 5.32 Å². The Morgan fingerprint density at radius 2 is 1.63 bits per heavy atom. The second-order valence-electron chi connectivity index (χ2n) is 6.33. The first kappa shape index (κ1) is 21.8. The second-order valence-corrected chi connectivity index (χ2v) is 9.35. The van der Waals surface area contributed by atoms with Crippen LogP contribution in [0.2, 0.25) is 0 Å². The molecule has 9 heteroatoms. The second kappa shape index (κ2) is 9.27. The molecule has 0 radical (unpaired) electrons. The SMILES string of the molecule is CS(=O)(=O)N(CC(=O)Nc1ccccc1Sc1ccccc1)c1ccc(F)c(F)c1. The number of carbonyl (C=O) groups is 1. The lowest BCUT2D eigenvalue weighted by molar-refractivity contribution is -0.114. The van der Waals surface area contributed by atoms with E-state index in [1.807, 2.05) is 42.5 Å². The molecule has 3 aromatic rings. The van der Waals surface area contributed by atoms with Crippen LogP contribution in [0.1, 0.15) is 0 Å². The van der Waals surface area contributed by atoms with E-state index in [1.165, 1.54) is 11.8 Å². The number of benzene rings is 3. The molecule has 0 fully saturated rings. The third-order valence-electron chi connectivity index (χ3n) is 4.01. The fourth-order valence-electron chi connectivity index (χ4n) is 2.63. The van der Waals surface area contributed by atoms with Crippen molar-refractivity contribution in [1.29, 1.82) is 0 Å². The molecule has 30 heavy (non-hydrogen) atoms. The van der Waals surface area contributed by atoms with Gasteiger partial charge in [-0.1, -0.05) is 42.1 Å². The zero-order chi connectivity index (χ0) is 21.7. The lowest BCUT2D eigenvalue weighted by Gasteiger charge is -2.22. The van der Waals surface area contributed by atoms with Gasteiger partial charge < -0.3 is 5.32 Å². The van der Waals surface area contributed by atoms with Crippen LogP contribution in [0.5, 0.6) is 0 Å². The van der Waals surface area contributed by atoms with Crippen molar-refractivity contribution in [2.45, 2.75) is 9.79 Å². The van der Waals surface area contributed by atoms with E-state index >= 15 is 0 Å². The maximum absolute atomic E-state index is 13.6. The zero-order valence-electron chi connectivity index (χ0n) is 15.9. The first-order valence-corrected chi connectivity index (χ1v) is 11.4. The summed E-state index contributed by atoms with van der Waals surface area (Å²) in [6.07, 6.45) is 0.890. The number of nitrogens with zero attached hydrogens (tertiary/aromatic N) is 1. The van der Waals surface area contributed by atoms with Crippen LogP contribution in [0.15, 0.2) is 82.6 Å². The molecule has 0 aliphatic heterocycles. The lowest BCUT2D eigenvalue weighted by atomic mass is 10.3. The molecule has 0 aliphatic rings. The summed E-state index contributed by atoms with van der Waals surface area (Å²) in [5.74, 6) is -2.93. The summed E-state index contributed by atoms with van der Waals surface area (Å²) in [5, 5.41) is 2.70. The van der Waals surface area contributed by atoms with E-state index in [9.17, 15) is 22.0 Å². The molecule has 0 bridgehead atoms. The summed E-state index contributed by atoms with van der Waals surface area (Å²) in [4.78, 5) is 14.4. The minimum absolute atomic E-state index is 0.140. The average Bonchev–Trinajstić information content (AvgIpc) is 2.70. The lowest BCUT2D eigenvalue weighted by Crippen LogP contribution is -2.37. The number of hydrogen-bond donors (Lipinski definition) is 1. The summed E-state index contributed by atoms with van der Waals surface area (Å²) in [5.41, 5.74) is 0.369. The molecule has 3 rings (SSSR count). The van der Waals surface area contributed by atoms with Gasteiger partial charge in [-0.2, -0.15) is 0 Å². The van der Waals surface area contributed by atoms with E-state index in [1.54, 1.807) is 12.1 Å². The van der Waals surface area contributed by atoms with Crippen LogP contribution in [0.3, 0.4) is 0 Å². The Bertz CT molecular complexity index is 1160. The van der Waals surface area contributed by atoms with Gasteiger partial charge in [0.05, 0.1) is 17.6 Å². The van der Waals surface area contributed by atoms with E-state index in [0.29, 0.717) is 5.69 Å². The molecule has 0 unspecified atom stereocenters. The number of para-hydroxylation sites is 1. The third kappa shape index (κ3) is 5.58. The minimum atomic E-state index is -3.92. The summed E-state index contributed by atoms with van der Waals surface area (Å²) in [6, 6.07) is 19.3. The third-order valence-corrected chi connectivity index (χ3v) is 6.24. The van der Waals surface area contributed by atoms with Gasteiger partial charge in [0.15, 0.2) is 11.6 Å². The van der Waals surface area contributed by atoms with Crippen molar-refractivity contribution in [3.63, 3.8) is 0 Å². The quantitative estimate of drug-likeness (QED) is 0.577. The minimum Gasteiger partial charge on any atom is -0.323 e. The normalized spacial score (nSPS) is 11.2. The Balaban J connectivity index is 1.80. The zero-order valence-corrected chi connectivity index (χ0v) is 17.5. The van der Waals surface area contributed by atoms with Crippen LogP contribution in [-0.2, 0) is 14.8 Å². The number of nitrogens with one attached hydrogen (secondary N) is 1. The van der Waals surface area contributed by atoms with Gasteiger partial charge in [0, 0.05) is 15.9 Å². The highest BCUT2D eigenvalue weighted by Crippen LogP contribution is 2.33. The Labute approximate surface area is 177 Å². The van der Waals surface area contributed by atoms with E-state index in [-0.39, 0.29) is 5.69 Å². The maximum Gasteiger partial charge on any atom is 0.245 e. The Kier molecular flexibility index (Phi) is 6.73. The molecular formula is C21H18F2N2O3S2. The largest absolute Gasteiger partial charge is 0.323 e. The topological polar surface area (TPSA) is 66.5 Å². The van der Waals surface area contributed by atoms with Crippen molar-refractivity contribution in [2.75, 3.05) is 22.4 Å². The van der Waals surface area contributed by atoms with Crippen molar-refractivity contribution >= 4 is 39.1 Å². The van der Waals surface area contributed by atoms with E-state index in [0.717, 1.165) is 38.6 Å². The predicted octanol–water partition coefficient (Wildman–Crippen LogP) is 4.52. The van der Waals surface area contributed by atoms with Gasteiger partial charge in [0.2, 0.25) is 15.9 Å². The summed E-state index contributed by atoms with van der Waals surface area (Å²) in [6.45, 7) is -0.589. The van der Waals surface area contributed by atoms with Crippen molar-refractivity contribution in [3.8, 4) is 0 Å². The van der Waals surface area contributed by atoms with E-state index in [4.69, 9.17) is 0 Å². The molecule has 1 N–H and O–H groups in total. The average molecular weight is 449 g/mol. The number of rotatable bonds is 7. The van der Waals surface area contributed by atoms with Gasteiger partial charge >= 0.3 is 0 Å². The van der Waals surface area contributed by atoms with Crippen LogP contribution in [0.25, 0.3) is 0 Å². The van der Waals surface area contributed by atoms with Crippen LogP contribution in [-0.4, -0.2) is 27.1 Å². The molecule has 0 aromatic heterocycles. The van der Waals surface area contributed by atoms with Crippen molar-refractivity contribution < 1.29 is 22.0 Å². The molecule has 5 nitrogen and oxygen atoms in total. The first-order valence-electron chi connectivity index (χ1n) is 8.78. The summed E-state index contributed by atoms with van der Waals surface area (Å²) >= 11 is 1.44. The molecule has 3 aromatic carbocycles. The van der Waals surface area contributed by atoms with Crippen LogP contribution >= 0.6 is 11.8 Å². The fraction of sp³-hybridized carbons (Fsp3) is 0.0952. The van der Waals surface area contributed by atoms with Crippen LogP contribution in [0, 0.1) is 11.6 Å². The number of hydrogen-bond acceptors (Lipinski definition) is 4. The molecule has 156 valence electrons. The molecule has 0 saturated carbocycles. The molecule has 0 saturated heterocycles. The number of carbonyl (C=O) groups excluding carboxylic acids is 1. The van der Waals surface area contributed by atoms with Gasteiger partial charge in [0.25, 0.3) is 0 Å². The number of sulfonamides is 1. The number of anilines is 2. The molecule has 0 atom stereocenters. The number of amides is 1. The van der Waals surface area contributed by atoms with Gasteiger partial charge in [-0.05, 0) is 36.4 Å². The standard InChI is InChI=1S/C21H18F2N2O3S2/c1-30(27,28)25(15-11-12-17(22)18(23)13-15)14-21(26)24-19-9-5-6-10-20(19)29-16-7-3-2-4-8-16/h2-13H,14H2,1H3,(H,24,26). The molecule has 0 heterocycles. The van der Waals surface area contributed by atoms with Gasteiger partial charge in [-0.15, -0.1) is 0 Å². The molecule has 1 amide bonds. The van der Waals surface area contributed by atoms with Gasteiger partial charge in [-0.25, -0.2) is 17.2 Å². The monoisotopic (exact) mass is 448 g/mol. The highest BCUT2D eigenvalue weighted by atomic mass is 32.2. The smallest absolute Gasteiger partial charge is 0.245 e. The Hall–Kier alpha value is -2.91. The van der Waals surface area contributed by atoms with Crippen molar-refractivity contribution in [3.05, 3.63) is 84.4 Å². The van der Waals surface area contributed by atoms with Gasteiger partial charge in [-0.3, -0.25) is 9.10 Å². The number of halogens is 2. The van der Waals surface area contributed by atoms with Crippen molar-refractivity contribution in [2.24, 2.45) is 0 Å². The van der Waals surface area contributed by atoms with Crippen molar-refractivity contribution in [1.82, 2.24) is 0 Å². The highest BCUT2D eigenvalue weighted by Gasteiger charge is 2.22. The molecule has 0 spiro atoms. The van der Waals surface area contributed by atoms with Gasteiger partial charge in [0.1, 0.15) is 6.54 Å². The Morgan fingerprint density at radius 1 is 0.967 bits per heavy atom. The Morgan fingerprint density at radius 3 is 2.30 bits per heavy atom.